The van der Waals surface area contributed by atoms with Gasteiger partial charge in [-0.25, -0.2) is 9.59 Å². The van der Waals surface area contributed by atoms with Gasteiger partial charge in [-0.2, -0.15) is 0 Å². The molecule has 1 saturated heterocycles. The minimum absolute atomic E-state index is 0.133. The molecular weight excluding hydrogens is 236 g/mol. The average Bonchev–Trinajstić information content (AvgIpc) is 2.77. The fraction of sp³-hybridized carbons (Fsp3) is 0.833. The minimum atomic E-state index is -0.990. The van der Waals surface area contributed by atoms with Crippen LogP contribution in [0.3, 0.4) is 0 Å². The Balaban J connectivity index is 2.42. The number of aliphatic hydroxyl groups is 1. The summed E-state index contributed by atoms with van der Waals surface area (Å²) in [5.74, 6) is -0.661. The summed E-state index contributed by atoms with van der Waals surface area (Å²) in [5.41, 5.74) is 0. The molecule has 1 aliphatic heterocycles. The summed E-state index contributed by atoms with van der Waals surface area (Å²) >= 11 is 0. The van der Waals surface area contributed by atoms with E-state index in [-0.39, 0.29) is 12.6 Å². The molecule has 0 aromatic rings. The molecule has 0 radical (unpaired) electrons. The quantitative estimate of drug-likeness (QED) is 0.652. The molecule has 104 valence electrons. The van der Waals surface area contributed by atoms with E-state index in [1.54, 1.807) is 4.90 Å². The third-order valence-corrected chi connectivity index (χ3v) is 3.28. The van der Waals surface area contributed by atoms with Gasteiger partial charge in [-0.1, -0.05) is 13.3 Å². The van der Waals surface area contributed by atoms with Crippen molar-refractivity contribution in [3.05, 3.63) is 0 Å². The van der Waals surface area contributed by atoms with Gasteiger partial charge in [0.25, 0.3) is 0 Å². The molecule has 0 saturated carbocycles. The summed E-state index contributed by atoms with van der Waals surface area (Å²) in [6.07, 6.45) is 2.72. The molecule has 1 fully saturated rings. The predicted molar refractivity (Wildman–Crippen MR) is 66.2 cm³/mol. The van der Waals surface area contributed by atoms with E-state index in [9.17, 15) is 9.59 Å². The van der Waals surface area contributed by atoms with Gasteiger partial charge in [-0.3, -0.25) is 0 Å². The van der Waals surface area contributed by atoms with Gasteiger partial charge in [-0.05, 0) is 25.2 Å². The summed E-state index contributed by atoms with van der Waals surface area (Å²) in [5, 5.41) is 20.4. The lowest BCUT2D eigenvalue weighted by Crippen LogP contribution is -2.47. The van der Waals surface area contributed by atoms with Crippen LogP contribution < -0.4 is 5.32 Å². The van der Waals surface area contributed by atoms with Crippen molar-refractivity contribution in [1.82, 2.24) is 10.2 Å². The smallest absolute Gasteiger partial charge is 0.326 e. The van der Waals surface area contributed by atoms with Crippen molar-refractivity contribution in [2.24, 2.45) is 5.92 Å². The first kappa shape index (κ1) is 14.8. The summed E-state index contributed by atoms with van der Waals surface area (Å²) in [6, 6.07) is -1.12. The minimum Gasteiger partial charge on any atom is -0.480 e. The van der Waals surface area contributed by atoms with Crippen LogP contribution in [0.1, 0.15) is 32.6 Å². The van der Waals surface area contributed by atoms with E-state index in [4.69, 9.17) is 10.2 Å². The molecular formula is C12H22N2O4. The van der Waals surface area contributed by atoms with Crippen LogP contribution in [0.2, 0.25) is 0 Å². The van der Waals surface area contributed by atoms with E-state index in [1.807, 2.05) is 6.92 Å². The zero-order valence-corrected chi connectivity index (χ0v) is 10.8. The predicted octanol–water partition coefficient (Wildman–Crippen LogP) is 0.654. The highest BCUT2D eigenvalue weighted by atomic mass is 16.4. The Morgan fingerprint density at radius 3 is 2.78 bits per heavy atom. The second-order valence-electron chi connectivity index (χ2n) is 4.74. The van der Waals surface area contributed by atoms with E-state index in [0.29, 0.717) is 38.3 Å². The van der Waals surface area contributed by atoms with Crippen molar-refractivity contribution in [1.29, 1.82) is 0 Å². The molecule has 0 aromatic carbocycles. The molecule has 0 spiro atoms. The van der Waals surface area contributed by atoms with Crippen LogP contribution in [0.25, 0.3) is 0 Å². The molecule has 2 amide bonds. The largest absolute Gasteiger partial charge is 0.480 e. The van der Waals surface area contributed by atoms with E-state index >= 15 is 0 Å². The van der Waals surface area contributed by atoms with Crippen molar-refractivity contribution in [3.8, 4) is 0 Å². The highest BCUT2D eigenvalue weighted by molar-refractivity contribution is 5.82. The number of aliphatic carboxylic acids is 1. The van der Waals surface area contributed by atoms with Crippen LogP contribution in [-0.4, -0.2) is 52.9 Å². The molecule has 1 rings (SSSR count). The molecule has 1 heterocycles. The first-order valence-corrected chi connectivity index (χ1v) is 6.47. The summed E-state index contributed by atoms with van der Waals surface area (Å²) in [4.78, 5) is 24.4. The third-order valence-electron chi connectivity index (χ3n) is 3.28. The first-order valence-electron chi connectivity index (χ1n) is 6.47. The number of urea groups is 1. The lowest BCUT2D eigenvalue weighted by molar-refractivity contribution is -0.139. The molecule has 6 nitrogen and oxygen atoms in total. The van der Waals surface area contributed by atoms with Crippen molar-refractivity contribution in [2.45, 2.75) is 38.6 Å². The highest BCUT2D eigenvalue weighted by Gasteiger charge is 2.28. The number of carbonyl (C=O) groups excluding carboxylic acids is 1. The van der Waals surface area contributed by atoms with Crippen molar-refractivity contribution in [3.63, 3.8) is 0 Å². The van der Waals surface area contributed by atoms with E-state index in [2.05, 4.69) is 5.32 Å². The Bertz CT molecular complexity index is 296. The second kappa shape index (κ2) is 7.20. The van der Waals surface area contributed by atoms with Crippen LogP contribution in [0.5, 0.6) is 0 Å². The number of nitrogens with zero attached hydrogens (tertiary/aromatic N) is 1. The van der Waals surface area contributed by atoms with Gasteiger partial charge in [0.2, 0.25) is 0 Å². The van der Waals surface area contributed by atoms with Gasteiger partial charge in [0, 0.05) is 19.7 Å². The van der Waals surface area contributed by atoms with Crippen LogP contribution in [0.4, 0.5) is 4.79 Å². The van der Waals surface area contributed by atoms with Crippen LogP contribution in [0.15, 0.2) is 0 Å². The van der Waals surface area contributed by atoms with Crippen molar-refractivity contribution < 1.29 is 19.8 Å². The zero-order chi connectivity index (χ0) is 13.5. The average molecular weight is 258 g/mol. The summed E-state index contributed by atoms with van der Waals surface area (Å²) in [6.45, 7) is 3.25. The Kier molecular flexibility index (Phi) is 5.91. The van der Waals surface area contributed by atoms with Crippen LogP contribution >= 0.6 is 0 Å². The van der Waals surface area contributed by atoms with E-state index in [1.165, 1.54) is 0 Å². The van der Waals surface area contributed by atoms with Crippen LogP contribution in [0, 0.1) is 5.92 Å². The Labute approximate surface area is 107 Å². The maximum Gasteiger partial charge on any atom is 0.326 e. The number of hydrogen-bond acceptors (Lipinski definition) is 3. The number of carboxylic acid groups (broad SMARTS) is 1. The molecule has 1 aliphatic rings. The van der Waals surface area contributed by atoms with Crippen molar-refractivity contribution in [2.75, 3.05) is 19.7 Å². The number of nitrogens with one attached hydrogen (secondary N) is 1. The van der Waals surface area contributed by atoms with Crippen molar-refractivity contribution >= 4 is 12.0 Å². The number of carboxylic acids is 1. The summed E-state index contributed by atoms with van der Waals surface area (Å²) < 4.78 is 0. The molecule has 0 bridgehead atoms. The normalized spacial score (nSPS) is 20.8. The van der Waals surface area contributed by atoms with Gasteiger partial charge in [-0.15, -0.1) is 0 Å². The standard InChI is InChI=1S/C12H22N2O4/c1-2-3-10(11(16)17)13-12(18)14-6-4-9(8-14)5-7-15/h9-10,15H,2-8H2,1H3,(H,13,18)(H,16,17)/t9?,10-/m1/s1. The zero-order valence-electron chi connectivity index (χ0n) is 10.8. The van der Waals surface area contributed by atoms with E-state index in [0.717, 1.165) is 6.42 Å². The molecule has 18 heavy (non-hydrogen) atoms. The summed E-state index contributed by atoms with van der Waals surface area (Å²) in [7, 11) is 0. The highest BCUT2D eigenvalue weighted by Crippen LogP contribution is 2.19. The van der Waals surface area contributed by atoms with E-state index < -0.39 is 12.0 Å². The third kappa shape index (κ3) is 4.18. The number of aliphatic hydroxyl groups excluding tert-OH is 1. The maximum absolute atomic E-state index is 11.9. The number of carbonyl (C=O) groups is 2. The Hall–Kier alpha value is -1.30. The fourth-order valence-electron chi connectivity index (χ4n) is 2.22. The van der Waals surface area contributed by atoms with Gasteiger partial charge < -0.3 is 20.4 Å². The maximum atomic E-state index is 11.9. The topological polar surface area (TPSA) is 89.9 Å². The monoisotopic (exact) mass is 258 g/mol. The number of rotatable bonds is 6. The van der Waals surface area contributed by atoms with Gasteiger partial charge >= 0.3 is 12.0 Å². The van der Waals surface area contributed by atoms with Gasteiger partial charge in [0.1, 0.15) is 6.04 Å². The molecule has 6 heteroatoms. The lowest BCUT2D eigenvalue weighted by Gasteiger charge is -2.20. The number of amides is 2. The number of hydrogen-bond donors (Lipinski definition) is 3. The SMILES string of the molecule is CCC[C@@H](NC(=O)N1CCC(CCO)C1)C(=O)O. The Morgan fingerprint density at radius 1 is 1.50 bits per heavy atom. The van der Waals surface area contributed by atoms with Crippen LogP contribution in [-0.2, 0) is 4.79 Å². The van der Waals surface area contributed by atoms with Gasteiger partial charge in [0.15, 0.2) is 0 Å². The first-order chi connectivity index (χ1) is 8.58. The number of likely N-dealkylation sites (tertiary alicyclic amines) is 1. The molecule has 0 aliphatic carbocycles. The Morgan fingerprint density at radius 2 is 2.22 bits per heavy atom. The van der Waals surface area contributed by atoms with Gasteiger partial charge in [0.05, 0.1) is 0 Å². The molecule has 1 unspecified atom stereocenters. The lowest BCUT2D eigenvalue weighted by atomic mass is 10.1. The second-order valence-corrected chi connectivity index (χ2v) is 4.74. The molecule has 3 N–H and O–H groups in total. The molecule has 0 aromatic heterocycles. The molecule has 2 atom stereocenters. The fourth-order valence-corrected chi connectivity index (χ4v) is 2.22.